The lowest BCUT2D eigenvalue weighted by Gasteiger charge is -2.27. The summed E-state index contributed by atoms with van der Waals surface area (Å²) in [6, 6.07) is 0. The second-order valence-corrected chi connectivity index (χ2v) is 10.6. The summed E-state index contributed by atoms with van der Waals surface area (Å²) in [6.07, 6.45) is 21.8. The van der Waals surface area contributed by atoms with Gasteiger partial charge in [0, 0.05) is 6.61 Å². The van der Waals surface area contributed by atoms with Crippen LogP contribution < -0.4 is 0 Å². The van der Waals surface area contributed by atoms with E-state index in [1.165, 1.54) is 83.5 Å². The van der Waals surface area contributed by atoms with E-state index in [0.717, 1.165) is 38.7 Å². The molecule has 0 saturated carbocycles. The first kappa shape index (κ1) is 35.4. The molecule has 0 saturated heterocycles. The lowest BCUT2D eigenvalue weighted by Crippen LogP contribution is -2.31. The zero-order valence-electron chi connectivity index (χ0n) is 24.7. The fourth-order valence-electron chi connectivity index (χ4n) is 4.46. The minimum atomic E-state index is -0.366. The minimum Gasteiger partial charge on any atom is -0.463 e. The van der Waals surface area contributed by atoms with Gasteiger partial charge in [-0.15, -0.1) is 0 Å². The lowest BCUT2D eigenvalue weighted by atomic mass is 9.79. The van der Waals surface area contributed by atoms with E-state index in [1.807, 2.05) is 0 Å². The Kier molecular flexibility index (Phi) is 26.9. The second kappa shape index (κ2) is 27.4. The molecule has 36 heavy (non-hydrogen) atoms. The molecule has 5 nitrogen and oxygen atoms in total. The number of carbonyl (C=O) groups excluding carboxylic acids is 1. The van der Waals surface area contributed by atoms with Crippen LogP contribution >= 0.6 is 0 Å². The van der Waals surface area contributed by atoms with Crippen LogP contribution in [-0.4, -0.2) is 52.2 Å². The Morgan fingerprint density at radius 1 is 0.472 bits per heavy atom. The molecule has 0 aliphatic rings. The van der Waals surface area contributed by atoms with Crippen LogP contribution in [0.25, 0.3) is 0 Å². The monoisotopic (exact) mass is 514 g/mol. The molecular weight excluding hydrogens is 452 g/mol. The zero-order valence-corrected chi connectivity index (χ0v) is 24.7. The van der Waals surface area contributed by atoms with Crippen molar-refractivity contribution in [1.29, 1.82) is 0 Å². The molecule has 0 aromatic rings. The number of hydrogen-bond acceptors (Lipinski definition) is 5. The Morgan fingerprint density at radius 2 is 0.833 bits per heavy atom. The van der Waals surface area contributed by atoms with E-state index >= 15 is 0 Å². The molecule has 0 aromatic heterocycles. The van der Waals surface area contributed by atoms with Gasteiger partial charge in [-0.25, -0.2) is 0 Å². The van der Waals surface area contributed by atoms with E-state index in [4.69, 9.17) is 18.9 Å². The molecule has 0 rings (SSSR count). The van der Waals surface area contributed by atoms with Crippen LogP contribution in [0.4, 0.5) is 0 Å². The zero-order chi connectivity index (χ0) is 26.6. The van der Waals surface area contributed by atoms with E-state index < -0.39 is 0 Å². The average Bonchev–Trinajstić information content (AvgIpc) is 2.88. The molecule has 0 amide bonds. The normalized spacial score (nSPS) is 11.8. The smallest absolute Gasteiger partial charge is 0.311 e. The average molecular weight is 515 g/mol. The van der Waals surface area contributed by atoms with Gasteiger partial charge in [0.25, 0.3) is 0 Å². The van der Waals surface area contributed by atoms with Crippen molar-refractivity contribution in [2.45, 2.75) is 143 Å². The third-order valence-electron chi connectivity index (χ3n) is 7.00. The Hall–Kier alpha value is -0.650. The Bertz CT molecular complexity index is 438. The maximum absolute atomic E-state index is 13.0. The number of rotatable bonds is 29. The standard InChI is InChI=1S/C31H62O5/c1-5-8-11-14-16-18-21-31(4,22-19-17-15-12-9-6-2)30(32)36-29-28-35-27-26-34-25-24-33-23-20-13-10-7-3/h5-29H2,1-4H3. The highest BCUT2D eigenvalue weighted by Crippen LogP contribution is 2.33. The van der Waals surface area contributed by atoms with Crippen molar-refractivity contribution in [3.05, 3.63) is 0 Å². The van der Waals surface area contributed by atoms with Crippen LogP contribution in [0, 0.1) is 5.41 Å². The van der Waals surface area contributed by atoms with Gasteiger partial charge in [-0.3, -0.25) is 4.79 Å². The summed E-state index contributed by atoms with van der Waals surface area (Å²) >= 11 is 0. The van der Waals surface area contributed by atoms with Crippen molar-refractivity contribution in [2.24, 2.45) is 5.41 Å². The highest BCUT2D eigenvalue weighted by atomic mass is 16.6. The maximum Gasteiger partial charge on any atom is 0.311 e. The molecule has 0 atom stereocenters. The summed E-state index contributed by atoms with van der Waals surface area (Å²) in [4.78, 5) is 13.0. The van der Waals surface area contributed by atoms with Gasteiger partial charge in [-0.2, -0.15) is 0 Å². The molecule has 0 aliphatic carbocycles. The van der Waals surface area contributed by atoms with Crippen LogP contribution in [-0.2, 0) is 23.7 Å². The fourth-order valence-corrected chi connectivity index (χ4v) is 4.46. The van der Waals surface area contributed by atoms with E-state index in [2.05, 4.69) is 27.7 Å². The molecule has 0 aliphatic heterocycles. The molecule has 0 N–H and O–H groups in total. The number of unbranched alkanes of at least 4 members (excludes halogenated alkanes) is 13. The van der Waals surface area contributed by atoms with Crippen LogP contribution in [0.1, 0.15) is 143 Å². The van der Waals surface area contributed by atoms with Crippen LogP contribution in [0.2, 0.25) is 0 Å². The first-order valence-corrected chi connectivity index (χ1v) is 15.5. The fraction of sp³-hybridized carbons (Fsp3) is 0.968. The third kappa shape index (κ3) is 22.5. The van der Waals surface area contributed by atoms with E-state index in [9.17, 15) is 4.79 Å². The molecular formula is C31H62O5. The van der Waals surface area contributed by atoms with E-state index in [-0.39, 0.29) is 11.4 Å². The SMILES string of the molecule is CCCCCCCCC(C)(CCCCCCCC)C(=O)OCCOCCOCCOCCCCCC. The quantitative estimate of drug-likeness (QED) is 0.0738. The van der Waals surface area contributed by atoms with Crippen molar-refractivity contribution < 1.29 is 23.7 Å². The van der Waals surface area contributed by atoms with E-state index in [1.54, 1.807) is 0 Å². The van der Waals surface area contributed by atoms with Gasteiger partial charge >= 0.3 is 5.97 Å². The first-order valence-electron chi connectivity index (χ1n) is 15.5. The van der Waals surface area contributed by atoms with Gasteiger partial charge in [0.1, 0.15) is 6.61 Å². The highest BCUT2D eigenvalue weighted by molar-refractivity contribution is 5.76. The second-order valence-electron chi connectivity index (χ2n) is 10.6. The van der Waals surface area contributed by atoms with Crippen molar-refractivity contribution in [3.63, 3.8) is 0 Å². The molecule has 0 radical (unpaired) electrons. The summed E-state index contributed by atoms with van der Waals surface area (Å²) in [7, 11) is 0. The molecule has 0 spiro atoms. The Labute approximate surface area is 224 Å². The highest BCUT2D eigenvalue weighted by Gasteiger charge is 2.33. The van der Waals surface area contributed by atoms with Crippen LogP contribution in [0.3, 0.4) is 0 Å². The van der Waals surface area contributed by atoms with Gasteiger partial charge in [0.2, 0.25) is 0 Å². The Morgan fingerprint density at radius 3 is 1.31 bits per heavy atom. The molecule has 216 valence electrons. The number of carbonyl (C=O) groups is 1. The van der Waals surface area contributed by atoms with Gasteiger partial charge in [0.05, 0.1) is 38.4 Å². The minimum absolute atomic E-state index is 0.0412. The summed E-state index contributed by atoms with van der Waals surface area (Å²) < 4.78 is 22.4. The number of hydrogen-bond donors (Lipinski definition) is 0. The molecule has 5 heteroatoms. The third-order valence-corrected chi connectivity index (χ3v) is 7.00. The van der Waals surface area contributed by atoms with Crippen LogP contribution in [0.5, 0.6) is 0 Å². The van der Waals surface area contributed by atoms with Crippen LogP contribution in [0.15, 0.2) is 0 Å². The van der Waals surface area contributed by atoms with Crippen molar-refractivity contribution in [2.75, 3.05) is 46.2 Å². The predicted molar refractivity (Wildman–Crippen MR) is 152 cm³/mol. The lowest BCUT2D eigenvalue weighted by molar-refractivity contribution is -0.157. The summed E-state index contributed by atoms with van der Waals surface area (Å²) in [6.45, 7) is 12.7. The molecule has 0 aromatic carbocycles. The van der Waals surface area contributed by atoms with Gasteiger partial charge in [-0.05, 0) is 26.2 Å². The summed E-state index contributed by atoms with van der Waals surface area (Å²) in [5, 5.41) is 0. The van der Waals surface area contributed by atoms with Crippen molar-refractivity contribution >= 4 is 5.97 Å². The van der Waals surface area contributed by atoms with Crippen molar-refractivity contribution in [3.8, 4) is 0 Å². The Balaban J connectivity index is 4.01. The molecule has 0 heterocycles. The predicted octanol–water partition coefficient (Wildman–Crippen LogP) is 8.67. The topological polar surface area (TPSA) is 54.0 Å². The number of esters is 1. The van der Waals surface area contributed by atoms with Gasteiger partial charge in [-0.1, -0.05) is 117 Å². The van der Waals surface area contributed by atoms with E-state index in [0.29, 0.717) is 39.6 Å². The molecule has 0 bridgehead atoms. The summed E-state index contributed by atoms with van der Waals surface area (Å²) in [5.41, 5.74) is -0.366. The van der Waals surface area contributed by atoms with Crippen molar-refractivity contribution in [1.82, 2.24) is 0 Å². The molecule has 0 fully saturated rings. The molecule has 0 unspecified atom stereocenters. The summed E-state index contributed by atoms with van der Waals surface area (Å²) in [5.74, 6) is -0.0412. The van der Waals surface area contributed by atoms with Gasteiger partial charge < -0.3 is 18.9 Å². The van der Waals surface area contributed by atoms with Gasteiger partial charge in [0.15, 0.2) is 0 Å². The number of ether oxygens (including phenoxy) is 4. The maximum atomic E-state index is 13.0. The largest absolute Gasteiger partial charge is 0.463 e. The first-order chi connectivity index (χ1) is 17.6.